The molecule has 0 unspecified atom stereocenters. The maximum Gasteiger partial charge on any atom is 0.325 e. The van der Waals surface area contributed by atoms with Crippen LogP contribution in [0.4, 0.5) is 5.69 Å². The number of pyridine rings is 1. The van der Waals surface area contributed by atoms with Gasteiger partial charge in [-0.2, -0.15) is 0 Å². The summed E-state index contributed by atoms with van der Waals surface area (Å²) in [4.78, 5) is 30.1. The second-order valence-electron chi connectivity index (χ2n) is 4.51. The van der Waals surface area contributed by atoms with Crippen molar-refractivity contribution in [1.29, 1.82) is 0 Å². The van der Waals surface area contributed by atoms with Gasteiger partial charge in [-0.05, 0) is 17.7 Å². The van der Waals surface area contributed by atoms with Gasteiger partial charge in [0.25, 0.3) is 5.91 Å². The molecule has 2 rings (SSSR count). The van der Waals surface area contributed by atoms with Gasteiger partial charge in [-0.1, -0.05) is 18.2 Å². The minimum atomic E-state index is -0.686. The van der Waals surface area contributed by atoms with Crippen LogP contribution in [0.2, 0.25) is 0 Å². The average molecular weight is 311 g/mol. The molecule has 1 amide bonds. The standard InChI is InChI=1S/C16H13N3O4/c1-17-12-5-3-4-10(6-12)11-7-13(20)15(18-8-11)16(22)19-9-14(21)23-2/h3-8,20H,9H2,2H3,(H,19,22). The predicted molar refractivity (Wildman–Crippen MR) is 81.9 cm³/mol. The molecule has 116 valence electrons. The van der Waals surface area contributed by atoms with E-state index in [1.807, 2.05) is 0 Å². The number of nitrogens with one attached hydrogen (secondary N) is 1. The second kappa shape index (κ2) is 7.04. The fourth-order valence-corrected chi connectivity index (χ4v) is 1.85. The third kappa shape index (κ3) is 3.83. The molecule has 1 heterocycles. The molecule has 0 saturated heterocycles. The van der Waals surface area contributed by atoms with Crippen LogP contribution in [0.15, 0.2) is 36.5 Å². The number of amides is 1. The van der Waals surface area contributed by atoms with Gasteiger partial charge in [0.15, 0.2) is 11.4 Å². The summed E-state index contributed by atoms with van der Waals surface area (Å²) >= 11 is 0. The molecule has 0 bridgehead atoms. The summed E-state index contributed by atoms with van der Waals surface area (Å²) in [5, 5.41) is 12.3. The number of rotatable bonds is 4. The molecule has 0 spiro atoms. The van der Waals surface area contributed by atoms with E-state index in [4.69, 9.17) is 6.57 Å². The molecule has 1 aromatic carbocycles. The van der Waals surface area contributed by atoms with Crippen LogP contribution in [-0.2, 0) is 9.53 Å². The minimum Gasteiger partial charge on any atom is -0.505 e. The molecule has 2 N–H and O–H groups in total. The van der Waals surface area contributed by atoms with Crippen molar-refractivity contribution in [2.45, 2.75) is 0 Å². The van der Waals surface area contributed by atoms with Gasteiger partial charge in [0, 0.05) is 11.8 Å². The zero-order valence-electron chi connectivity index (χ0n) is 12.2. The van der Waals surface area contributed by atoms with E-state index < -0.39 is 11.9 Å². The number of aromatic nitrogens is 1. The van der Waals surface area contributed by atoms with Crippen LogP contribution in [0.3, 0.4) is 0 Å². The van der Waals surface area contributed by atoms with Crippen LogP contribution in [0.5, 0.6) is 5.75 Å². The molecular formula is C16H13N3O4. The Labute approximate surface area is 132 Å². The smallest absolute Gasteiger partial charge is 0.325 e. The maximum atomic E-state index is 11.9. The molecular weight excluding hydrogens is 298 g/mol. The summed E-state index contributed by atoms with van der Waals surface area (Å²) in [5.41, 5.74) is 1.53. The summed E-state index contributed by atoms with van der Waals surface area (Å²) in [7, 11) is 1.20. The Kier molecular flexibility index (Phi) is 4.89. The molecule has 7 heteroatoms. The van der Waals surface area contributed by atoms with Gasteiger partial charge in [-0.3, -0.25) is 9.59 Å². The highest BCUT2D eigenvalue weighted by atomic mass is 16.5. The van der Waals surface area contributed by atoms with E-state index in [-0.39, 0.29) is 18.0 Å². The zero-order valence-corrected chi connectivity index (χ0v) is 12.2. The first-order valence-electron chi connectivity index (χ1n) is 6.57. The number of hydrogen-bond acceptors (Lipinski definition) is 5. The summed E-state index contributed by atoms with van der Waals surface area (Å²) < 4.78 is 4.40. The van der Waals surface area contributed by atoms with Crippen molar-refractivity contribution in [1.82, 2.24) is 10.3 Å². The molecule has 0 aliphatic carbocycles. The predicted octanol–water partition coefficient (Wildman–Crippen LogP) is 1.91. The van der Waals surface area contributed by atoms with Crippen LogP contribution in [0, 0.1) is 6.57 Å². The number of esters is 1. The lowest BCUT2D eigenvalue weighted by Crippen LogP contribution is -2.30. The summed E-state index contributed by atoms with van der Waals surface area (Å²) in [5.74, 6) is -1.61. The summed E-state index contributed by atoms with van der Waals surface area (Å²) in [6.07, 6.45) is 1.41. The summed E-state index contributed by atoms with van der Waals surface area (Å²) in [6, 6.07) is 8.18. The number of hydrogen-bond donors (Lipinski definition) is 2. The van der Waals surface area contributed by atoms with Crippen molar-refractivity contribution in [3.63, 3.8) is 0 Å². The number of carbonyl (C=O) groups is 2. The first-order chi connectivity index (χ1) is 11.0. The van der Waals surface area contributed by atoms with E-state index >= 15 is 0 Å². The van der Waals surface area contributed by atoms with Gasteiger partial charge in [-0.15, -0.1) is 0 Å². The van der Waals surface area contributed by atoms with Crippen molar-refractivity contribution in [2.24, 2.45) is 0 Å². The minimum absolute atomic E-state index is 0.195. The van der Waals surface area contributed by atoms with Gasteiger partial charge >= 0.3 is 5.97 Å². The lowest BCUT2D eigenvalue weighted by atomic mass is 10.1. The number of methoxy groups -OCH3 is 1. The van der Waals surface area contributed by atoms with Crippen LogP contribution in [-0.4, -0.2) is 35.6 Å². The first-order valence-corrected chi connectivity index (χ1v) is 6.57. The van der Waals surface area contributed by atoms with Crippen LogP contribution in [0.25, 0.3) is 16.0 Å². The number of aromatic hydroxyl groups is 1. The van der Waals surface area contributed by atoms with Crippen LogP contribution < -0.4 is 5.32 Å². The molecule has 1 aromatic heterocycles. The Morgan fingerprint density at radius 2 is 2.13 bits per heavy atom. The first kappa shape index (κ1) is 16.0. The highest BCUT2D eigenvalue weighted by molar-refractivity contribution is 5.96. The SMILES string of the molecule is [C-]#[N+]c1cccc(-c2cnc(C(=O)NCC(=O)OC)c(O)c2)c1. The fraction of sp³-hybridized carbons (Fsp3) is 0.125. The van der Waals surface area contributed by atoms with Crippen molar-refractivity contribution < 1.29 is 19.4 Å². The van der Waals surface area contributed by atoms with Gasteiger partial charge in [0.2, 0.25) is 0 Å². The van der Waals surface area contributed by atoms with Crippen LogP contribution in [0.1, 0.15) is 10.5 Å². The number of benzene rings is 1. The summed E-state index contributed by atoms with van der Waals surface area (Å²) in [6.45, 7) is 6.69. The Morgan fingerprint density at radius 3 is 2.78 bits per heavy atom. The monoisotopic (exact) mass is 311 g/mol. The van der Waals surface area contributed by atoms with Crippen molar-refractivity contribution in [3.8, 4) is 16.9 Å². The number of carbonyl (C=O) groups excluding carboxylic acids is 2. The van der Waals surface area contributed by atoms with E-state index in [1.165, 1.54) is 19.4 Å². The fourth-order valence-electron chi connectivity index (χ4n) is 1.85. The molecule has 0 fully saturated rings. The van der Waals surface area contributed by atoms with Crippen molar-refractivity contribution in [3.05, 3.63) is 53.6 Å². The molecule has 0 radical (unpaired) electrons. The third-order valence-corrected chi connectivity index (χ3v) is 3.01. The number of ether oxygens (including phenoxy) is 1. The molecule has 0 atom stereocenters. The zero-order chi connectivity index (χ0) is 16.8. The lowest BCUT2D eigenvalue weighted by molar-refractivity contribution is -0.139. The van der Waals surface area contributed by atoms with Gasteiger partial charge in [-0.25, -0.2) is 9.83 Å². The topological polar surface area (TPSA) is 92.9 Å². The number of nitrogens with zero attached hydrogens (tertiary/aromatic N) is 2. The third-order valence-electron chi connectivity index (χ3n) is 3.01. The van der Waals surface area contributed by atoms with E-state index in [2.05, 4.69) is 19.9 Å². The van der Waals surface area contributed by atoms with Crippen molar-refractivity contribution in [2.75, 3.05) is 13.7 Å². The Balaban J connectivity index is 2.22. The highest BCUT2D eigenvalue weighted by Gasteiger charge is 2.15. The van der Waals surface area contributed by atoms with Gasteiger partial charge in [0.05, 0.1) is 13.7 Å². The molecule has 0 saturated carbocycles. The molecule has 0 aliphatic heterocycles. The Hall–Kier alpha value is -3.40. The van der Waals surface area contributed by atoms with E-state index in [9.17, 15) is 14.7 Å². The Bertz CT molecular complexity index is 796. The highest BCUT2D eigenvalue weighted by Crippen LogP contribution is 2.27. The van der Waals surface area contributed by atoms with Crippen molar-refractivity contribution >= 4 is 17.6 Å². The van der Waals surface area contributed by atoms with E-state index in [1.54, 1.807) is 24.3 Å². The van der Waals surface area contributed by atoms with Crippen LogP contribution >= 0.6 is 0 Å². The quantitative estimate of drug-likeness (QED) is 0.664. The largest absolute Gasteiger partial charge is 0.505 e. The van der Waals surface area contributed by atoms with Gasteiger partial charge < -0.3 is 15.2 Å². The normalized spacial score (nSPS) is 9.74. The second-order valence-corrected chi connectivity index (χ2v) is 4.51. The lowest BCUT2D eigenvalue weighted by Gasteiger charge is -2.07. The van der Waals surface area contributed by atoms with Gasteiger partial charge in [0.1, 0.15) is 12.3 Å². The maximum absolute atomic E-state index is 11.9. The Morgan fingerprint density at radius 1 is 1.35 bits per heavy atom. The average Bonchev–Trinajstić information content (AvgIpc) is 2.59. The molecule has 7 nitrogen and oxygen atoms in total. The molecule has 0 aliphatic rings. The molecule has 2 aromatic rings. The van der Waals surface area contributed by atoms with E-state index in [0.29, 0.717) is 16.8 Å². The van der Waals surface area contributed by atoms with E-state index in [0.717, 1.165) is 0 Å². The molecule has 23 heavy (non-hydrogen) atoms.